The molecule has 1 amide bonds. The van der Waals surface area contributed by atoms with Gasteiger partial charge in [-0.2, -0.15) is 4.98 Å². The summed E-state index contributed by atoms with van der Waals surface area (Å²) in [7, 11) is 1.76. The molecule has 1 aliphatic rings. The Morgan fingerprint density at radius 3 is 2.77 bits per heavy atom. The molecule has 1 N–H and O–H groups in total. The molecule has 1 aliphatic heterocycles. The quantitative estimate of drug-likeness (QED) is 0.667. The first-order valence-electron chi connectivity index (χ1n) is 6.38. The van der Waals surface area contributed by atoms with E-state index in [1.807, 2.05) is 18.2 Å². The molecule has 2 aromatic rings. The monoisotopic (exact) mass is 336 g/mol. The number of fused-ring (bicyclic) bond motifs is 1. The fourth-order valence-electron chi connectivity index (χ4n) is 2.17. The number of nitrogens with one attached hydrogen (secondary N) is 1. The maximum atomic E-state index is 12.2. The second kappa shape index (κ2) is 6.77. The Kier molecular flexibility index (Phi) is 5.00. The molecule has 0 spiro atoms. The number of rotatable bonds is 2. The van der Waals surface area contributed by atoms with E-state index in [4.69, 9.17) is 23.2 Å². The van der Waals surface area contributed by atoms with Crippen LogP contribution in [0, 0.1) is 0 Å². The van der Waals surface area contributed by atoms with Crippen LogP contribution in [0.15, 0.2) is 37.6 Å². The van der Waals surface area contributed by atoms with E-state index in [1.54, 1.807) is 11.9 Å². The molecule has 0 saturated carbocycles. The molecule has 0 saturated heterocycles. The van der Waals surface area contributed by atoms with Crippen molar-refractivity contribution in [3.8, 4) is 0 Å². The molecule has 0 atom stereocenters. The summed E-state index contributed by atoms with van der Waals surface area (Å²) < 4.78 is 0. The van der Waals surface area contributed by atoms with Crippen LogP contribution in [0.1, 0.15) is 15.9 Å². The number of carbonyl (C=O) groups excluding carboxylic acids is 1. The van der Waals surface area contributed by atoms with Gasteiger partial charge in [0.1, 0.15) is 5.02 Å². The highest BCUT2D eigenvalue weighted by Crippen LogP contribution is 2.31. The number of halogens is 2. The number of carbonyl (C=O) groups is 1. The van der Waals surface area contributed by atoms with E-state index >= 15 is 0 Å². The lowest BCUT2D eigenvalue weighted by molar-refractivity contribution is 0.0817. The molecule has 114 valence electrons. The predicted molar refractivity (Wildman–Crippen MR) is 88.8 cm³/mol. The normalized spacial score (nSPS) is 12.5. The number of amides is 1. The molecular formula is C15H14Cl2N4O. The molecule has 0 unspecified atom stereocenters. The molecule has 0 aliphatic carbocycles. The summed E-state index contributed by atoms with van der Waals surface area (Å²) >= 11 is 11.8. The maximum absolute atomic E-state index is 12.2. The Morgan fingerprint density at radius 1 is 1.32 bits per heavy atom. The van der Waals surface area contributed by atoms with E-state index in [9.17, 15) is 4.79 Å². The largest absolute Gasteiger partial charge is 0.338 e. The summed E-state index contributed by atoms with van der Waals surface area (Å²) in [6, 6.07) is 5.61. The first-order valence-corrected chi connectivity index (χ1v) is 7.14. The van der Waals surface area contributed by atoms with Crippen molar-refractivity contribution in [2.45, 2.75) is 6.54 Å². The van der Waals surface area contributed by atoms with Crippen molar-refractivity contribution in [3.05, 3.63) is 59.0 Å². The molecular weight excluding hydrogens is 323 g/mol. The van der Waals surface area contributed by atoms with Gasteiger partial charge in [-0.3, -0.25) is 4.79 Å². The van der Waals surface area contributed by atoms with Crippen molar-refractivity contribution >= 4 is 40.6 Å². The van der Waals surface area contributed by atoms with E-state index in [-0.39, 0.29) is 11.2 Å². The van der Waals surface area contributed by atoms with Gasteiger partial charge in [-0.25, -0.2) is 4.98 Å². The summed E-state index contributed by atoms with van der Waals surface area (Å²) in [6.45, 7) is 6.60. The van der Waals surface area contributed by atoms with Crippen LogP contribution in [0.25, 0.3) is 0 Å². The van der Waals surface area contributed by atoms with Gasteiger partial charge in [-0.05, 0) is 23.2 Å². The summed E-state index contributed by atoms with van der Waals surface area (Å²) in [5.41, 5.74) is 2.27. The number of benzene rings is 1. The number of aromatic nitrogens is 2. The highest BCUT2D eigenvalue weighted by atomic mass is 35.5. The van der Waals surface area contributed by atoms with Crippen LogP contribution in [0.3, 0.4) is 0 Å². The van der Waals surface area contributed by atoms with Gasteiger partial charge in [0, 0.05) is 13.6 Å². The van der Waals surface area contributed by atoms with E-state index in [2.05, 4.69) is 28.4 Å². The number of hydrogen-bond donors (Lipinski definition) is 1. The van der Waals surface area contributed by atoms with E-state index in [1.165, 1.54) is 6.20 Å². The summed E-state index contributed by atoms with van der Waals surface area (Å²) in [5, 5.41) is 3.48. The zero-order valence-electron chi connectivity index (χ0n) is 11.9. The van der Waals surface area contributed by atoms with Crippen LogP contribution >= 0.6 is 23.2 Å². The molecule has 0 bridgehead atoms. The minimum absolute atomic E-state index is 0.0284. The number of hydrogen-bond acceptors (Lipinski definition) is 4. The fraction of sp³-hybridized carbons (Fsp3) is 0.133. The van der Waals surface area contributed by atoms with Gasteiger partial charge in [0.05, 0.1) is 17.4 Å². The molecule has 7 heteroatoms. The Balaban J connectivity index is 0.000000847. The molecule has 5 nitrogen and oxygen atoms in total. The summed E-state index contributed by atoms with van der Waals surface area (Å²) in [5.74, 6) is 0.349. The predicted octanol–water partition coefficient (Wildman–Crippen LogP) is 3.91. The first-order chi connectivity index (χ1) is 10.6. The van der Waals surface area contributed by atoms with Crippen molar-refractivity contribution in [2.24, 2.45) is 0 Å². The Bertz CT molecular complexity index is 721. The third-order valence-electron chi connectivity index (χ3n) is 3.09. The summed E-state index contributed by atoms with van der Waals surface area (Å²) in [4.78, 5) is 21.6. The van der Waals surface area contributed by atoms with Crippen molar-refractivity contribution < 1.29 is 4.79 Å². The maximum Gasteiger partial charge on any atom is 0.256 e. The molecule has 1 aromatic heterocycles. The minimum atomic E-state index is -0.0284. The van der Waals surface area contributed by atoms with Crippen molar-refractivity contribution in [1.29, 1.82) is 0 Å². The zero-order chi connectivity index (χ0) is 16.3. The van der Waals surface area contributed by atoms with Crippen LogP contribution in [-0.2, 0) is 6.54 Å². The zero-order valence-corrected chi connectivity index (χ0v) is 13.4. The van der Waals surface area contributed by atoms with E-state index < -0.39 is 0 Å². The highest BCUT2D eigenvalue weighted by Gasteiger charge is 2.27. The SMILES string of the molecule is C=C.CN1Cc2cccc(Nc3nc(Cl)ncc3Cl)c2C1=O. The van der Waals surface area contributed by atoms with Gasteiger partial charge in [-0.15, -0.1) is 13.2 Å². The summed E-state index contributed by atoms with van der Waals surface area (Å²) in [6.07, 6.45) is 1.41. The van der Waals surface area contributed by atoms with E-state index in [0.717, 1.165) is 5.56 Å². The molecule has 2 heterocycles. The molecule has 3 rings (SSSR count). The number of nitrogens with zero attached hydrogens (tertiary/aromatic N) is 3. The van der Waals surface area contributed by atoms with Crippen LogP contribution < -0.4 is 5.32 Å². The molecule has 0 radical (unpaired) electrons. The molecule has 1 aromatic carbocycles. The first kappa shape index (κ1) is 16.3. The second-order valence-corrected chi connectivity index (χ2v) is 5.21. The van der Waals surface area contributed by atoms with Gasteiger partial charge in [0.2, 0.25) is 5.28 Å². The van der Waals surface area contributed by atoms with E-state index in [0.29, 0.717) is 28.6 Å². The molecule has 22 heavy (non-hydrogen) atoms. The van der Waals surface area contributed by atoms with Gasteiger partial charge in [-0.1, -0.05) is 23.7 Å². The van der Waals surface area contributed by atoms with Gasteiger partial charge in [0.15, 0.2) is 5.82 Å². The lowest BCUT2D eigenvalue weighted by Crippen LogP contribution is -2.18. The third kappa shape index (κ3) is 3.05. The lowest BCUT2D eigenvalue weighted by Gasteiger charge is -2.11. The smallest absolute Gasteiger partial charge is 0.256 e. The van der Waals surface area contributed by atoms with Gasteiger partial charge >= 0.3 is 0 Å². The van der Waals surface area contributed by atoms with Gasteiger partial charge < -0.3 is 10.2 Å². The highest BCUT2D eigenvalue weighted by molar-refractivity contribution is 6.33. The van der Waals surface area contributed by atoms with Crippen molar-refractivity contribution in [3.63, 3.8) is 0 Å². The Hall–Kier alpha value is -2.11. The fourth-order valence-corrected chi connectivity index (χ4v) is 2.44. The minimum Gasteiger partial charge on any atom is -0.338 e. The standard InChI is InChI=1S/C13H10Cl2N4O.C2H4/c1-19-6-7-3-2-4-9(10(7)12(19)20)17-11-8(14)5-16-13(15)18-11;1-2/h2-5H,6H2,1H3,(H,16,17,18);1-2H2. The van der Waals surface area contributed by atoms with Crippen molar-refractivity contribution in [1.82, 2.24) is 14.9 Å². The van der Waals surface area contributed by atoms with Crippen LogP contribution in [0.2, 0.25) is 10.3 Å². The Labute approximate surface area is 138 Å². The van der Waals surface area contributed by atoms with Crippen LogP contribution in [-0.4, -0.2) is 27.8 Å². The van der Waals surface area contributed by atoms with Crippen LogP contribution in [0.5, 0.6) is 0 Å². The van der Waals surface area contributed by atoms with Crippen LogP contribution in [0.4, 0.5) is 11.5 Å². The number of anilines is 2. The topological polar surface area (TPSA) is 58.1 Å². The average molecular weight is 337 g/mol. The average Bonchev–Trinajstić information content (AvgIpc) is 2.81. The van der Waals surface area contributed by atoms with Gasteiger partial charge in [0.25, 0.3) is 5.91 Å². The lowest BCUT2D eigenvalue weighted by atomic mass is 10.1. The second-order valence-electron chi connectivity index (χ2n) is 4.46. The molecule has 0 fully saturated rings. The Morgan fingerprint density at radius 2 is 2.05 bits per heavy atom. The third-order valence-corrected chi connectivity index (χ3v) is 3.55. The van der Waals surface area contributed by atoms with Crippen molar-refractivity contribution in [2.75, 3.05) is 12.4 Å².